The fourth-order valence-corrected chi connectivity index (χ4v) is 4.53. The molecule has 5 heteroatoms. The number of carbonyl (C=O) groups is 2. The van der Waals surface area contributed by atoms with Crippen molar-refractivity contribution in [2.75, 3.05) is 12.0 Å². The Balaban J connectivity index is 1.75. The highest BCUT2D eigenvalue weighted by Crippen LogP contribution is 2.43. The zero-order valence-electron chi connectivity index (χ0n) is 18.9. The number of carbonyl (C=O) groups excluding carboxylic acids is 2. The molecule has 4 aromatic carbocycles. The quantitative estimate of drug-likeness (QED) is 0.244. The lowest BCUT2D eigenvalue weighted by Gasteiger charge is -2.27. The molecule has 1 aliphatic heterocycles. The van der Waals surface area contributed by atoms with Crippen LogP contribution in [0.1, 0.15) is 22.7 Å². The number of methoxy groups -OCH3 is 1. The van der Waals surface area contributed by atoms with Crippen LogP contribution >= 0.6 is 0 Å². The fourth-order valence-electron chi connectivity index (χ4n) is 4.53. The normalized spacial score (nSPS) is 17.4. The highest BCUT2D eigenvalue weighted by atomic mass is 16.5. The van der Waals surface area contributed by atoms with Crippen molar-refractivity contribution in [2.24, 2.45) is 0 Å². The maximum atomic E-state index is 13.4. The van der Waals surface area contributed by atoms with Crippen molar-refractivity contribution >= 4 is 33.9 Å². The third-order valence-electron chi connectivity index (χ3n) is 6.25. The van der Waals surface area contributed by atoms with Crippen LogP contribution in [0.4, 0.5) is 5.69 Å². The minimum Gasteiger partial charge on any atom is -0.507 e. The summed E-state index contributed by atoms with van der Waals surface area (Å²) in [7, 11) is 1.56. The number of rotatable bonds is 4. The molecule has 1 heterocycles. The summed E-state index contributed by atoms with van der Waals surface area (Å²) in [5.41, 5.74) is 2.67. The van der Waals surface area contributed by atoms with E-state index in [-0.39, 0.29) is 11.3 Å². The van der Waals surface area contributed by atoms with E-state index in [2.05, 4.69) is 0 Å². The molecule has 0 radical (unpaired) electrons. The zero-order chi connectivity index (χ0) is 23.8. The van der Waals surface area contributed by atoms with Crippen molar-refractivity contribution in [2.45, 2.75) is 13.0 Å². The summed E-state index contributed by atoms with van der Waals surface area (Å²) < 4.78 is 5.39. The number of ketones is 1. The molecule has 5 nitrogen and oxygen atoms in total. The van der Waals surface area contributed by atoms with Gasteiger partial charge in [-0.3, -0.25) is 14.5 Å². The molecule has 1 fully saturated rings. The number of aliphatic hydroxyl groups excluding tert-OH is 1. The Bertz CT molecular complexity index is 1470. The Kier molecular flexibility index (Phi) is 5.38. The number of fused-ring (bicyclic) bond motifs is 1. The number of para-hydroxylation sites is 1. The van der Waals surface area contributed by atoms with Gasteiger partial charge in [0.25, 0.3) is 11.7 Å². The first-order valence-electron chi connectivity index (χ1n) is 11.0. The molecular formula is C29H23NO4. The Hall–Kier alpha value is -4.38. The number of aliphatic hydroxyl groups is 1. The number of amides is 1. The Morgan fingerprint density at radius 1 is 0.853 bits per heavy atom. The molecule has 1 aliphatic rings. The number of nitrogens with zero attached hydrogens (tertiary/aromatic N) is 1. The van der Waals surface area contributed by atoms with E-state index in [1.807, 2.05) is 79.7 Å². The van der Waals surface area contributed by atoms with Gasteiger partial charge in [0.2, 0.25) is 0 Å². The van der Waals surface area contributed by atoms with Crippen molar-refractivity contribution in [3.05, 3.63) is 113 Å². The highest BCUT2D eigenvalue weighted by molar-refractivity contribution is 6.51. The zero-order valence-corrected chi connectivity index (χ0v) is 18.9. The largest absolute Gasteiger partial charge is 0.507 e. The monoisotopic (exact) mass is 449 g/mol. The first-order valence-corrected chi connectivity index (χ1v) is 11.0. The minimum absolute atomic E-state index is 0.0526. The average molecular weight is 450 g/mol. The first-order chi connectivity index (χ1) is 16.5. The molecule has 5 rings (SSSR count). The maximum absolute atomic E-state index is 13.4. The number of Topliss-reactive ketones (excluding diaryl/α,β-unsaturated/α-hetero) is 1. The second-order valence-corrected chi connectivity index (χ2v) is 8.29. The van der Waals surface area contributed by atoms with Gasteiger partial charge < -0.3 is 9.84 Å². The van der Waals surface area contributed by atoms with E-state index in [0.29, 0.717) is 22.6 Å². The molecule has 4 aromatic rings. The lowest BCUT2D eigenvalue weighted by molar-refractivity contribution is -0.132. The Labute approximate surface area is 197 Å². The van der Waals surface area contributed by atoms with Gasteiger partial charge in [-0.25, -0.2) is 0 Å². The highest BCUT2D eigenvalue weighted by Gasteiger charge is 2.47. The summed E-state index contributed by atoms with van der Waals surface area (Å²) in [6.45, 7) is 1.89. The summed E-state index contributed by atoms with van der Waals surface area (Å²) >= 11 is 0. The summed E-state index contributed by atoms with van der Waals surface area (Å²) in [6.07, 6.45) is 0. The molecule has 1 unspecified atom stereocenters. The standard InChI is InChI=1S/C29H23NO4/c1-18-8-3-6-13-24(18)30-26(21-11-7-12-23(17-21)34-2)25(28(32)29(30)33)27(31)22-15-14-19-9-4-5-10-20(19)16-22/h3-17,26,31H,1-2H3/b27-25-. The van der Waals surface area contributed by atoms with Crippen LogP contribution in [0.15, 0.2) is 96.6 Å². The number of hydrogen-bond acceptors (Lipinski definition) is 4. The smallest absolute Gasteiger partial charge is 0.300 e. The van der Waals surface area contributed by atoms with Crippen LogP contribution in [0.3, 0.4) is 0 Å². The molecule has 34 heavy (non-hydrogen) atoms. The third-order valence-corrected chi connectivity index (χ3v) is 6.25. The lowest BCUT2D eigenvalue weighted by Crippen LogP contribution is -2.30. The minimum atomic E-state index is -0.803. The van der Waals surface area contributed by atoms with Crippen LogP contribution in [-0.2, 0) is 9.59 Å². The van der Waals surface area contributed by atoms with Crippen molar-refractivity contribution in [1.82, 2.24) is 0 Å². The van der Waals surface area contributed by atoms with Gasteiger partial charge >= 0.3 is 0 Å². The van der Waals surface area contributed by atoms with Gasteiger partial charge in [0.05, 0.1) is 18.7 Å². The van der Waals surface area contributed by atoms with E-state index in [9.17, 15) is 14.7 Å². The molecule has 1 N–H and O–H groups in total. The van der Waals surface area contributed by atoms with Crippen molar-refractivity contribution < 1.29 is 19.4 Å². The molecule has 168 valence electrons. The van der Waals surface area contributed by atoms with Crippen LogP contribution in [0.5, 0.6) is 5.75 Å². The summed E-state index contributed by atoms with van der Waals surface area (Å²) in [5.74, 6) is -1.00. The predicted molar refractivity (Wildman–Crippen MR) is 133 cm³/mol. The van der Waals surface area contributed by atoms with Gasteiger partial charge in [0.1, 0.15) is 11.5 Å². The SMILES string of the molecule is COc1cccc(C2/C(=C(/O)c3ccc4ccccc4c3)C(=O)C(=O)N2c2ccccc2C)c1. The molecule has 0 aliphatic carbocycles. The molecule has 0 bridgehead atoms. The molecule has 0 saturated carbocycles. The van der Waals surface area contributed by atoms with Crippen LogP contribution < -0.4 is 9.64 Å². The van der Waals surface area contributed by atoms with Gasteiger partial charge in [-0.05, 0) is 53.1 Å². The number of anilines is 1. The average Bonchev–Trinajstić information content (AvgIpc) is 3.13. The van der Waals surface area contributed by atoms with Crippen LogP contribution in [-0.4, -0.2) is 23.9 Å². The Morgan fingerprint density at radius 3 is 2.35 bits per heavy atom. The number of benzene rings is 4. The number of hydrogen-bond donors (Lipinski definition) is 1. The fraction of sp³-hybridized carbons (Fsp3) is 0.103. The predicted octanol–water partition coefficient (Wildman–Crippen LogP) is 5.78. The van der Waals surface area contributed by atoms with Crippen molar-refractivity contribution in [3.8, 4) is 5.75 Å². The van der Waals surface area contributed by atoms with E-state index < -0.39 is 17.7 Å². The maximum Gasteiger partial charge on any atom is 0.300 e. The van der Waals surface area contributed by atoms with E-state index in [1.165, 1.54) is 4.90 Å². The third kappa shape index (κ3) is 3.52. The topological polar surface area (TPSA) is 66.8 Å². The van der Waals surface area contributed by atoms with Crippen LogP contribution in [0.25, 0.3) is 16.5 Å². The van der Waals surface area contributed by atoms with E-state index in [4.69, 9.17) is 4.74 Å². The van der Waals surface area contributed by atoms with Crippen LogP contribution in [0.2, 0.25) is 0 Å². The first kappa shape index (κ1) is 21.5. The van der Waals surface area contributed by atoms with E-state index in [0.717, 1.165) is 16.3 Å². The molecule has 1 atom stereocenters. The molecule has 1 amide bonds. The summed E-state index contributed by atoms with van der Waals surface area (Å²) in [4.78, 5) is 28.2. The Morgan fingerprint density at radius 2 is 1.59 bits per heavy atom. The molecule has 0 aromatic heterocycles. The van der Waals surface area contributed by atoms with Gasteiger partial charge in [-0.1, -0.05) is 66.7 Å². The van der Waals surface area contributed by atoms with Gasteiger partial charge in [-0.2, -0.15) is 0 Å². The van der Waals surface area contributed by atoms with Gasteiger partial charge in [0, 0.05) is 11.3 Å². The second kappa shape index (κ2) is 8.52. The molecule has 0 spiro atoms. The summed E-state index contributed by atoms with van der Waals surface area (Å²) in [6, 6.07) is 27.1. The van der Waals surface area contributed by atoms with Crippen molar-refractivity contribution in [1.29, 1.82) is 0 Å². The van der Waals surface area contributed by atoms with Gasteiger partial charge in [0.15, 0.2) is 0 Å². The molecule has 1 saturated heterocycles. The van der Waals surface area contributed by atoms with Gasteiger partial charge in [-0.15, -0.1) is 0 Å². The lowest BCUT2D eigenvalue weighted by atomic mass is 9.94. The molecular weight excluding hydrogens is 426 g/mol. The van der Waals surface area contributed by atoms with Crippen LogP contribution in [0, 0.1) is 6.92 Å². The van der Waals surface area contributed by atoms with E-state index in [1.54, 1.807) is 25.3 Å². The number of aryl methyl sites for hydroxylation is 1. The summed E-state index contributed by atoms with van der Waals surface area (Å²) in [5, 5.41) is 13.4. The number of ether oxygens (including phenoxy) is 1. The van der Waals surface area contributed by atoms with E-state index >= 15 is 0 Å². The second-order valence-electron chi connectivity index (χ2n) is 8.29. The van der Waals surface area contributed by atoms with Crippen molar-refractivity contribution in [3.63, 3.8) is 0 Å².